The van der Waals surface area contributed by atoms with Gasteiger partial charge in [0.05, 0.1) is 6.54 Å². The van der Waals surface area contributed by atoms with E-state index in [4.69, 9.17) is 0 Å². The Hall–Kier alpha value is -0.700. The van der Waals surface area contributed by atoms with Crippen LogP contribution >= 0.6 is 0 Å². The molecule has 1 saturated heterocycles. The molecule has 0 saturated carbocycles. The molecule has 15 heavy (non-hydrogen) atoms. The van der Waals surface area contributed by atoms with Crippen LogP contribution in [-0.4, -0.2) is 36.1 Å². The van der Waals surface area contributed by atoms with Crippen molar-refractivity contribution in [3.63, 3.8) is 0 Å². The van der Waals surface area contributed by atoms with Crippen LogP contribution in [-0.2, 0) is 9.59 Å². The Morgan fingerprint density at radius 3 is 2.73 bits per heavy atom. The minimum absolute atomic E-state index is 0.0997. The Kier molecular flexibility index (Phi) is 4.45. The summed E-state index contributed by atoms with van der Waals surface area (Å²) < 4.78 is 0. The van der Waals surface area contributed by atoms with Crippen molar-refractivity contribution in [2.75, 3.05) is 19.6 Å². The average Bonchev–Trinajstić information content (AvgIpc) is 2.20. The number of Topliss-reactive ketones (excluding diaryl/α,β-unsaturated/α-hetero) is 2. The topological polar surface area (TPSA) is 37.4 Å². The van der Waals surface area contributed by atoms with E-state index >= 15 is 0 Å². The number of hydrogen-bond acceptors (Lipinski definition) is 3. The smallest absolute Gasteiger partial charge is 0.149 e. The zero-order valence-electron chi connectivity index (χ0n) is 9.95. The zero-order chi connectivity index (χ0) is 11.4. The summed E-state index contributed by atoms with van der Waals surface area (Å²) >= 11 is 0. The lowest BCUT2D eigenvalue weighted by atomic mass is 9.93. The molecule has 0 radical (unpaired) electrons. The van der Waals surface area contributed by atoms with E-state index in [0.717, 1.165) is 19.5 Å². The highest BCUT2D eigenvalue weighted by Gasteiger charge is 2.26. The highest BCUT2D eigenvalue weighted by atomic mass is 16.1. The van der Waals surface area contributed by atoms with Gasteiger partial charge in [-0.25, -0.2) is 0 Å². The van der Waals surface area contributed by atoms with Crippen LogP contribution < -0.4 is 0 Å². The lowest BCUT2D eigenvalue weighted by Gasteiger charge is -2.31. The molecule has 86 valence electrons. The summed E-state index contributed by atoms with van der Waals surface area (Å²) in [6.45, 7) is 7.93. The number of hydrogen-bond donors (Lipinski definition) is 0. The van der Waals surface area contributed by atoms with Crippen LogP contribution in [0.25, 0.3) is 0 Å². The van der Waals surface area contributed by atoms with Crippen LogP contribution in [0, 0.1) is 11.8 Å². The molecule has 0 amide bonds. The van der Waals surface area contributed by atoms with Crippen LogP contribution in [0.4, 0.5) is 0 Å². The Morgan fingerprint density at radius 2 is 2.20 bits per heavy atom. The Bertz CT molecular complexity index is 248. The number of piperidine rings is 1. The maximum absolute atomic E-state index is 11.6. The first-order valence-electron chi connectivity index (χ1n) is 5.82. The lowest BCUT2D eigenvalue weighted by molar-refractivity contribution is -0.129. The first-order valence-corrected chi connectivity index (χ1v) is 5.82. The van der Waals surface area contributed by atoms with Crippen molar-refractivity contribution in [1.29, 1.82) is 0 Å². The van der Waals surface area contributed by atoms with Gasteiger partial charge in [-0.15, -0.1) is 0 Å². The second-order valence-corrected chi connectivity index (χ2v) is 4.68. The second-order valence-electron chi connectivity index (χ2n) is 4.68. The standard InChI is InChI=1S/C12H21NO2/c1-4-10-7-13(6-5-11(10)14)8-12(15)9(2)3/h9-10H,4-8H2,1-3H3. The van der Waals surface area contributed by atoms with Gasteiger partial charge in [0.2, 0.25) is 0 Å². The fourth-order valence-corrected chi connectivity index (χ4v) is 1.88. The minimum Gasteiger partial charge on any atom is -0.299 e. The Balaban J connectivity index is 2.45. The number of nitrogens with zero attached hydrogens (tertiary/aromatic N) is 1. The number of rotatable bonds is 4. The summed E-state index contributed by atoms with van der Waals surface area (Å²) in [5.41, 5.74) is 0. The number of carbonyl (C=O) groups is 2. The van der Waals surface area contributed by atoms with Gasteiger partial charge in [-0.2, -0.15) is 0 Å². The van der Waals surface area contributed by atoms with Crippen molar-refractivity contribution >= 4 is 11.6 Å². The summed E-state index contributed by atoms with van der Waals surface area (Å²) in [5.74, 6) is 0.895. The number of likely N-dealkylation sites (tertiary alicyclic amines) is 1. The van der Waals surface area contributed by atoms with Crippen LogP contribution in [0.5, 0.6) is 0 Å². The molecule has 0 aliphatic carbocycles. The molecule has 0 spiro atoms. The molecule has 0 aromatic carbocycles. The first-order chi connectivity index (χ1) is 7.04. The van der Waals surface area contributed by atoms with Crippen LogP contribution in [0.15, 0.2) is 0 Å². The second kappa shape index (κ2) is 5.40. The summed E-state index contributed by atoms with van der Waals surface area (Å²) in [6.07, 6.45) is 1.51. The molecule has 0 aromatic heterocycles. The van der Waals surface area contributed by atoms with Crippen molar-refractivity contribution in [3.05, 3.63) is 0 Å². The van der Waals surface area contributed by atoms with Crippen molar-refractivity contribution in [3.8, 4) is 0 Å². The molecule has 1 atom stereocenters. The SMILES string of the molecule is CCC1CN(CC(=O)C(C)C)CCC1=O. The fraction of sp³-hybridized carbons (Fsp3) is 0.833. The molecule has 1 fully saturated rings. The molecule has 0 bridgehead atoms. The van der Waals surface area contributed by atoms with E-state index in [0.29, 0.717) is 18.7 Å². The molecule has 1 rings (SSSR count). The van der Waals surface area contributed by atoms with Gasteiger partial charge in [-0.3, -0.25) is 14.5 Å². The predicted octanol–water partition coefficient (Wildman–Crippen LogP) is 1.51. The molecular weight excluding hydrogens is 190 g/mol. The monoisotopic (exact) mass is 211 g/mol. The predicted molar refractivity (Wildman–Crippen MR) is 59.7 cm³/mol. The van der Waals surface area contributed by atoms with E-state index in [1.807, 2.05) is 20.8 Å². The third-order valence-corrected chi connectivity index (χ3v) is 3.12. The Morgan fingerprint density at radius 1 is 1.53 bits per heavy atom. The van der Waals surface area contributed by atoms with Gasteiger partial charge in [0, 0.05) is 31.3 Å². The van der Waals surface area contributed by atoms with E-state index in [2.05, 4.69) is 4.90 Å². The summed E-state index contributed by atoms with van der Waals surface area (Å²) in [6, 6.07) is 0. The summed E-state index contributed by atoms with van der Waals surface area (Å²) in [7, 11) is 0. The largest absolute Gasteiger partial charge is 0.299 e. The average molecular weight is 211 g/mol. The van der Waals surface area contributed by atoms with Crippen molar-refractivity contribution in [1.82, 2.24) is 4.90 Å². The molecule has 1 unspecified atom stereocenters. The maximum Gasteiger partial charge on any atom is 0.149 e. The third kappa shape index (κ3) is 3.42. The molecule has 1 aliphatic rings. The van der Waals surface area contributed by atoms with Crippen molar-refractivity contribution in [2.45, 2.75) is 33.6 Å². The molecule has 0 N–H and O–H groups in total. The molecule has 1 aliphatic heterocycles. The van der Waals surface area contributed by atoms with Crippen LogP contribution in [0.3, 0.4) is 0 Å². The van der Waals surface area contributed by atoms with Gasteiger partial charge < -0.3 is 0 Å². The quantitative estimate of drug-likeness (QED) is 0.707. The van der Waals surface area contributed by atoms with Crippen molar-refractivity contribution < 1.29 is 9.59 Å². The van der Waals surface area contributed by atoms with E-state index in [1.54, 1.807) is 0 Å². The van der Waals surface area contributed by atoms with Gasteiger partial charge in [-0.1, -0.05) is 20.8 Å². The molecule has 0 aromatic rings. The van der Waals surface area contributed by atoms with Crippen molar-refractivity contribution in [2.24, 2.45) is 11.8 Å². The first kappa shape index (κ1) is 12.4. The third-order valence-electron chi connectivity index (χ3n) is 3.12. The van der Waals surface area contributed by atoms with Gasteiger partial charge >= 0.3 is 0 Å². The van der Waals surface area contributed by atoms with E-state index in [1.165, 1.54) is 0 Å². The Labute approximate surface area is 91.8 Å². The van der Waals surface area contributed by atoms with E-state index in [9.17, 15) is 9.59 Å². The van der Waals surface area contributed by atoms with Gasteiger partial charge in [0.1, 0.15) is 11.6 Å². The molecule has 3 nitrogen and oxygen atoms in total. The minimum atomic E-state index is 0.0997. The number of carbonyl (C=O) groups excluding carboxylic acids is 2. The van der Waals surface area contributed by atoms with Gasteiger partial charge in [0.25, 0.3) is 0 Å². The molecule has 1 heterocycles. The van der Waals surface area contributed by atoms with E-state index < -0.39 is 0 Å². The van der Waals surface area contributed by atoms with Gasteiger partial charge in [-0.05, 0) is 6.42 Å². The lowest BCUT2D eigenvalue weighted by Crippen LogP contribution is -2.43. The molecule has 3 heteroatoms. The highest BCUT2D eigenvalue weighted by Crippen LogP contribution is 2.16. The van der Waals surface area contributed by atoms with E-state index in [-0.39, 0.29) is 17.6 Å². The number of ketones is 2. The maximum atomic E-state index is 11.6. The van der Waals surface area contributed by atoms with Crippen LogP contribution in [0.1, 0.15) is 33.6 Å². The summed E-state index contributed by atoms with van der Waals surface area (Å²) in [4.78, 5) is 25.2. The fourth-order valence-electron chi connectivity index (χ4n) is 1.88. The molecular formula is C12H21NO2. The highest BCUT2D eigenvalue weighted by molar-refractivity contribution is 5.84. The zero-order valence-corrected chi connectivity index (χ0v) is 9.95. The van der Waals surface area contributed by atoms with Gasteiger partial charge in [0.15, 0.2) is 0 Å². The van der Waals surface area contributed by atoms with Crippen LogP contribution in [0.2, 0.25) is 0 Å². The normalized spacial score (nSPS) is 23.5. The summed E-state index contributed by atoms with van der Waals surface area (Å²) in [5, 5.41) is 0.